The summed E-state index contributed by atoms with van der Waals surface area (Å²) >= 11 is 0. The maximum Gasteiger partial charge on any atom is 0.405 e. The predicted molar refractivity (Wildman–Crippen MR) is 152 cm³/mol. The van der Waals surface area contributed by atoms with Gasteiger partial charge in [-0.05, 0) is 47.4 Å². The molecule has 4 atom stereocenters. The molecule has 0 saturated heterocycles. The highest BCUT2D eigenvalue weighted by Gasteiger charge is 2.36. The van der Waals surface area contributed by atoms with Crippen LogP contribution in [0.1, 0.15) is 58.9 Å². The molecule has 1 fully saturated rings. The largest absolute Gasteiger partial charge is 0.465 e. The van der Waals surface area contributed by atoms with Crippen LogP contribution in [0.3, 0.4) is 0 Å². The van der Waals surface area contributed by atoms with Crippen LogP contribution >= 0.6 is 0 Å². The van der Waals surface area contributed by atoms with Gasteiger partial charge >= 0.3 is 6.09 Å². The first kappa shape index (κ1) is 30.6. The number of amides is 4. The lowest BCUT2D eigenvalue weighted by atomic mass is 9.93. The van der Waals surface area contributed by atoms with E-state index in [2.05, 4.69) is 21.3 Å². The second-order valence-corrected chi connectivity index (χ2v) is 11.1. The zero-order valence-electron chi connectivity index (χ0n) is 23.5. The molecule has 0 heterocycles. The Morgan fingerprint density at radius 1 is 0.875 bits per heavy atom. The molecule has 0 aliphatic heterocycles. The van der Waals surface area contributed by atoms with Gasteiger partial charge in [-0.1, -0.05) is 76.6 Å². The third kappa shape index (κ3) is 8.79. The molecule has 3 rings (SSSR count). The van der Waals surface area contributed by atoms with Crippen molar-refractivity contribution >= 4 is 40.4 Å². The molecule has 2 aromatic carbocycles. The second kappa shape index (κ2) is 13.9. The second-order valence-electron chi connectivity index (χ2n) is 11.1. The van der Waals surface area contributed by atoms with E-state index in [0.717, 1.165) is 29.2 Å². The van der Waals surface area contributed by atoms with Gasteiger partial charge < -0.3 is 26.4 Å². The van der Waals surface area contributed by atoms with Gasteiger partial charge in [0.1, 0.15) is 12.1 Å². The van der Waals surface area contributed by atoms with Gasteiger partial charge in [0, 0.05) is 12.5 Å². The fourth-order valence-electron chi connectivity index (χ4n) is 4.52. The maximum atomic E-state index is 13.4. The number of hydrogen-bond acceptors (Lipinski definition) is 5. The van der Waals surface area contributed by atoms with E-state index in [0.29, 0.717) is 6.42 Å². The number of fused-ring (bicyclic) bond motifs is 1. The van der Waals surface area contributed by atoms with Gasteiger partial charge in [-0.3, -0.25) is 19.2 Å². The molecular weight excluding hydrogens is 512 g/mol. The number of rotatable bonds is 14. The van der Waals surface area contributed by atoms with Gasteiger partial charge in [0.15, 0.2) is 0 Å². The van der Waals surface area contributed by atoms with Crippen LogP contribution in [0.15, 0.2) is 42.5 Å². The van der Waals surface area contributed by atoms with E-state index in [9.17, 15) is 24.0 Å². The van der Waals surface area contributed by atoms with Crippen LogP contribution in [0, 0.1) is 11.8 Å². The summed E-state index contributed by atoms with van der Waals surface area (Å²) in [5.41, 5.74) is 0.824. The highest BCUT2D eigenvalue weighted by Crippen LogP contribution is 2.20. The molecule has 10 heteroatoms. The van der Waals surface area contributed by atoms with Gasteiger partial charge in [-0.15, -0.1) is 0 Å². The van der Waals surface area contributed by atoms with E-state index in [4.69, 9.17) is 5.11 Å². The molecule has 2 unspecified atom stereocenters. The molecule has 0 bridgehead atoms. The van der Waals surface area contributed by atoms with Crippen LogP contribution in [-0.2, 0) is 25.6 Å². The topological polar surface area (TPSA) is 154 Å². The summed E-state index contributed by atoms with van der Waals surface area (Å²) in [6.45, 7) is 7.24. The third-order valence-corrected chi connectivity index (χ3v) is 7.14. The van der Waals surface area contributed by atoms with Gasteiger partial charge in [0.25, 0.3) is 5.91 Å². The van der Waals surface area contributed by atoms with Gasteiger partial charge in [0.2, 0.25) is 17.6 Å². The van der Waals surface area contributed by atoms with E-state index >= 15 is 0 Å². The Balaban J connectivity index is 1.78. The Kier molecular flexibility index (Phi) is 10.6. The van der Waals surface area contributed by atoms with Crippen molar-refractivity contribution in [2.45, 2.75) is 84.0 Å². The number of nitrogens with one attached hydrogen (secondary N) is 4. The minimum Gasteiger partial charge on any atom is -0.465 e. The molecule has 10 nitrogen and oxygen atoms in total. The molecule has 2 aromatic rings. The van der Waals surface area contributed by atoms with E-state index in [-0.39, 0.29) is 30.7 Å². The Morgan fingerprint density at radius 2 is 1.55 bits per heavy atom. The van der Waals surface area contributed by atoms with E-state index in [1.54, 1.807) is 6.92 Å². The monoisotopic (exact) mass is 552 g/mol. The molecule has 40 heavy (non-hydrogen) atoms. The predicted octanol–water partition coefficient (Wildman–Crippen LogP) is 2.93. The number of benzene rings is 2. The summed E-state index contributed by atoms with van der Waals surface area (Å²) in [4.78, 5) is 63.9. The number of carboxylic acid groups (broad SMARTS) is 1. The summed E-state index contributed by atoms with van der Waals surface area (Å²) in [5.74, 6) is -3.32. The van der Waals surface area contributed by atoms with Crippen molar-refractivity contribution < 1.29 is 29.1 Å². The van der Waals surface area contributed by atoms with Crippen molar-refractivity contribution in [3.8, 4) is 0 Å². The normalized spacial score (nSPS) is 15.9. The smallest absolute Gasteiger partial charge is 0.405 e. The van der Waals surface area contributed by atoms with Gasteiger partial charge in [-0.2, -0.15) is 0 Å². The van der Waals surface area contributed by atoms with Crippen LogP contribution in [0.4, 0.5) is 4.79 Å². The molecule has 1 saturated carbocycles. The number of carbonyl (C=O) groups excluding carboxylic acids is 4. The number of carbonyl (C=O) groups is 5. The van der Waals surface area contributed by atoms with Crippen molar-refractivity contribution in [3.05, 3.63) is 48.0 Å². The number of hydrogen-bond donors (Lipinski definition) is 5. The van der Waals surface area contributed by atoms with E-state index in [1.807, 2.05) is 63.2 Å². The van der Waals surface area contributed by atoms with Gasteiger partial charge in [-0.25, -0.2) is 4.79 Å². The molecule has 0 spiro atoms. The van der Waals surface area contributed by atoms with Crippen LogP contribution in [-0.4, -0.2) is 58.9 Å². The summed E-state index contributed by atoms with van der Waals surface area (Å²) in [5, 5.41) is 21.5. The molecule has 5 N–H and O–H groups in total. The fraction of sp³-hybridized carbons (Fsp3) is 0.500. The summed E-state index contributed by atoms with van der Waals surface area (Å²) in [6.07, 6.45) is 1.26. The lowest BCUT2D eigenvalue weighted by Gasteiger charge is -2.27. The SMILES string of the molecule is CC[C@H](C)C(NC(=O)[C@H](CC(C)C)NC(=O)O)C(=O)C(=O)NC(Cc1ccc2ccccc2c1)C(=O)NC1CC1. The van der Waals surface area contributed by atoms with Gasteiger partial charge in [0.05, 0.1) is 6.04 Å². The lowest BCUT2D eigenvalue weighted by Crippen LogP contribution is -2.58. The number of Topliss-reactive ketones (excluding diaryl/α,β-unsaturated/α-hetero) is 1. The number of ketones is 1. The minimum atomic E-state index is -1.36. The lowest BCUT2D eigenvalue weighted by molar-refractivity contribution is -0.142. The first-order valence-corrected chi connectivity index (χ1v) is 13.9. The zero-order chi connectivity index (χ0) is 29.4. The summed E-state index contributed by atoms with van der Waals surface area (Å²) in [6, 6.07) is 10.4. The molecule has 0 aromatic heterocycles. The van der Waals surface area contributed by atoms with Crippen LogP contribution in [0.5, 0.6) is 0 Å². The third-order valence-electron chi connectivity index (χ3n) is 7.14. The summed E-state index contributed by atoms with van der Waals surface area (Å²) < 4.78 is 0. The average Bonchev–Trinajstić information content (AvgIpc) is 3.73. The molecule has 0 radical (unpaired) electrons. The van der Waals surface area contributed by atoms with E-state index < -0.39 is 47.7 Å². The molecule has 4 amide bonds. The standard InChI is InChI=1S/C30H40N4O6/c1-5-18(4)25(34-28(37)23(14-17(2)3)33-30(39)40)26(35)29(38)32-24(27(36)31-22-12-13-22)16-19-10-11-20-8-6-7-9-21(20)15-19/h6-11,15,17-18,22-25,33H,5,12-14,16H2,1-4H3,(H,31,36)(H,32,38)(H,34,37)(H,39,40)/t18-,23-,24?,25?/m0/s1. The minimum absolute atomic E-state index is 0.00416. The van der Waals surface area contributed by atoms with Crippen molar-refractivity contribution in [2.75, 3.05) is 0 Å². The van der Waals surface area contributed by atoms with E-state index in [1.165, 1.54) is 0 Å². The van der Waals surface area contributed by atoms with Crippen LogP contribution in [0.25, 0.3) is 10.8 Å². The first-order chi connectivity index (χ1) is 19.0. The highest BCUT2D eigenvalue weighted by atomic mass is 16.4. The van der Waals surface area contributed by atoms with Crippen LogP contribution < -0.4 is 21.3 Å². The Morgan fingerprint density at radius 3 is 2.15 bits per heavy atom. The van der Waals surface area contributed by atoms with Crippen molar-refractivity contribution in [2.24, 2.45) is 11.8 Å². The molecule has 1 aliphatic carbocycles. The fourth-order valence-corrected chi connectivity index (χ4v) is 4.52. The molecule has 1 aliphatic rings. The maximum absolute atomic E-state index is 13.4. The first-order valence-electron chi connectivity index (χ1n) is 13.9. The Hall–Kier alpha value is -3.95. The summed E-state index contributed by atoms with van der Waals surface area (Å²) in [7, 11) is 0. The van der Waals surface area contributed by atoms with Crippen molar-refractivity contribution in [1.82, 2.24) is 21.3 Å². The molecule has 216 valence electrons. The zero-order valence-corrected chi connectivity index (χ0v) is 23.5. The van der Waals surface area contributed by atoms with Crippen molar-refractivity contribution in [1.29, 1.82) is 0 Å². The molecular formula is C30H40N4O6. The Labute approximate surface area is 234 Å². The Bertz CT molecular complexity index is 1240. The van der Waals surface area contributed by atoms with Crippen LogP contribution in [0.2, 0.25) is 0 Å². The average molecular weight is 553 g/mol. The van der Waals surface area contributed by atoms with Crippen molar-refractivity contribution in [3.63, 3.8) is 0 Å². The highest BCUT2D eigenvalue weighted by molar-refractivity contribution is 6.39. The quantitative estimate of drug-likeness (QED) is 0.227.